The lowest BCUT2D eigenvalue weighted by molar-refractivity contribution is -0.0353. The van der Waals surface area contributed by atoms with Crippen LogP contribution in [0.4, 0.5) is 0 Å². The van der Waals surface area contributed by atoms with Crippen molar-refractivity contribution in [2.45, 2.75) is 32.0 Å². The van der Waals surface area contributed by atoms with E-state index < -0.39 is 11.7 Å². The van der Waals surface area contributed by atoms with Crippen LogP contribution < -0.4 is 0 Å². The zero-order valence-electron chi connectivity index (χ0n) is 6.39. The Kier molecular flexibility index (Phi) is 3.41. The Balaban J connectivity index is 4.12. The summed E-state index contributed by atoms with van der Waals surface area (Å²) in [6.45, 7) is 6.57. The van der Waals surface area contributed by atoms with Crippen molar-refractivity contribution in [1.82, 2.24) is 0 Å². The highest BCUT2D eigenvalue weighted by molar-refractivity contribution is 5.11. The lowest BCUT2D eigenvalue weighted by atomic mass is 9.97. The van der Waals surface area contributed by atoms with E-state index in [2.05, 4.69) is 18.8 Å². The van der Waals surface area contributed by atoms with Crippen LogP contribution in [0.25, 0.3) is 0 Å². The van der Waals surface area contributed by atoms with Crippen LogP contribution in [0, 0.1) is 18.8 Å². The Bertz CT molecular complexity index is 150. The highest BCUT2D eigenvalue weighted by Gasteiger charge is 2.25. The van der Waals surface area contributed by atoms with Crippen molar-refractivity contribution in [1.29, 1.82) is 0 Å². The van der Waals surface area contributed by atoms with Gasteiger partial charge in [-0.2, -0.15) is 0 Å². The molecule has 2 unspecified atom stereocenters. The Hall–Kier alpha value is -0.520. The molecular formula is C8H13O2. The van der Waals surface area contributed by atoms with E-state index >= 15 is 0 Å². The van der Waals surface area contributed by atoms with Gasteiger partial charge in [0.25, 0.3) is 0 Å². The molecule has 2 heteroatoms. The first-order chi connectivity index (χ1) is 4.54. The molecule has 2 atom stereocenters. The minimum atomic E-state index is -1.11. The summed E-state index contributed by atoms with van der Waals surface area (Å²) >= 11 is 0. The molecule has 10 heavy (non-hydrogen) atoms. The molecule has 0 heterocycles. The van der Waals surface area contributed by atoms with Crippen molar-refractivity contribution in [3.63, 3.8) is 0 Å². The van der Waals surface area contributed by atoms with Crippen LogP contribution in [0.1, 0.15) is 20.3 Å². The largest absolute Gasteiger partial charge is 0.386 e. The molecule has 0 fully saturated rings. The molecule has 0 aliphatic heterocycles. The van der Waals surface area contributed by atoms with Crippen LogP contribution in [-0.2, 0) is 0 Å². The molecule has 0 bridgehead atoms. The van der Waals surface area contributed by atoms with Crippen LogP contribution in [0.15, 0.2) is 0 Å². The lowest BCUT2D eigenvalue weighted by Crippen LogP contribution is -2.37. The molecule has 0 aliphatic carbocycles. The van der Waals surface area contributed by atoms with Crippen molar-refractivity contribution in [2.75, 3.05) is 0 Å². The fourth-order valence-electron chi connectivity index (χ4n) is 0.445. The van der Waals surface area contributed by atoms with Gasteiger partial charge < -0.3 is 10.2 Å². The molecule has 0 aromatic rings. The average Bonchev–Trinajstić information content (AvgIpc) is 1.89. The van der Waals surface area contributed by atoms with E-state index in [1.165, 1.54) is 0 Å². The zero-order valence-corrected chi connectivity index (χ0v) is 6.39. The second-order valence-electron chi connectivity index (χ2n) is 2.43. The van der Waals surface area contributed by atoms with Gasteiger partial charge >= 0.3 is 0 Å². The van der Waals surface area contributed by atoms with Gasteiger partial charge in [0.15, 0.2) is 0 Å². The zero-order chi connectivity index (χ0) is 8.20. The number of rotatable bonds is 2. The van der Waals surface area contributed by atoms with Crippen LogP contribution in [0.5, 0.6) is 0 Å². The topological polar surface area (TPSA) is 40.5 Å². The van der Waals surface area contributed by atoms with Gasteiger partial charge in [0.05, 0.1) is 5.60 Å². The van der Waals surface area contributed by atoms with E-state index in [9.17, 15) is 5.11 Å². The molecule has 2 nitrogen and oxygen atoms in total. The van der Waals surface area contributed by atoms with Crippen molar-refractivity contribution < 1.29 is 10.2 Å². The highest BCUT2D eigenvalue weighted by atomic mass is 16.3. The van der Waals surface area contributed by atoms with Gasteiger partial charge in [-0.25, -0.2) is 0 Å². The van der Waals surface area contributed by atoms with E-state index in [1.807, 2.05) is 0 Å². The molecule has 2 N–H and O–H groups in total. The molecule has 0 rings (SSSR count). The molecule has 1 radical (unpaired) electrons. The molecule has 57 valence electrons. The smallest absolute Gasteiger partial charge is 0.142 e. The van der Waals surface area contributed by atoms with Gasteiger partial charge in [0.1, 0.15) is 6.10 Å². The second kappa shape index (κ2) is 3.60. The molecule has 0 aromatic carbocycles. The highest BCUT2D eigenvalue weighted by Crippen LogP contribution is 2.12. The first kappa shape index (κ1) is 9.48. The van der Waals surface area contributed by atoms with Crippen LogP contribution in [0.3, 0.4) is 0 Å². The third-order valence-corrected chi connectivity index (χ3v) is 1.54. The number of hydrogen-bond acceptors (Lipinski definition) is 2. The fourth-order valence-corrected chi connectivity index (χ4v) is 0.445. The van der Waals surface area contributed by atoms with Crippen molar-refractivity contribution in [2.24, 2.45) is 0 Å². The minimum Gasteiger partial charge on any atom is -0.386 e. The summed E-state index contributed by atoms with van der Waals surface area (Å²) < 4.78 is 0. The maximum Gasteiger partial charge on any atom is 0.142 e. The van der Waals surface area contributed by atoms with Gasteiger partial charge in [-0.3, -0.25) is 0 Å². The Labute approximate surface area is 61.9 Å². The van der Waals surface area contributed by atoms with Gasteiger partial charge in [-0.15, -0.1) is 0 Å². The molecule has 0 spiro atoms. The third-order valence-electron chi connectivity index (χ3n) is 1.54. The Morgan fingerprint density at radius 1 is 1.70 bits per heavy atom. The predicted molar refractivity (Wildman–Crippen MR) is 40.1 cm³/mol. The lowest BCUT2D eigenvalue weighted by Gasteiger charge is -2.23. The van der Waals surface area contributed by atoms with Crippen molar-refractivity contribution >= 4 is 0 Å². The van der Waals surface area contributed by atoms with Crippen LogP contribution >= 0.6 is 0 Å². The van der Waals surface area contributed by atoms with Crippen molar-refractivity contribution in [3.05, 3.63) is 6.92 Å². The van der Waals surface area contributed by atoms with Gasteiger partial charge in [-0.1, -0.05) is 18.8 Å². The van der Waals surface area contributed by atoms with E-state index in [-0.39, 0.29) is 0 Å². The summed E-state index contributed by atoms with van der Waals surface area (Å²) in [7, 11) is 0. The number of hydrogen-bond donors (Lipinski definition) is 2. The Morgan fingerprint density at radius 2 is 2.20 bits per heavy atom. The molecular weight excluding hydrogens is 128 g/mol. The standard InChI is InChI=1S/C8H13O2/c1-4-6-7(9)8(3,10)5-2/h7,9-10H,1,5H2,2-3H3. The first-order valence-corrected chi connectivity index (χ1v) is 3.22. The number of aliphatic hydroxyl groups is 2. The monoisotopic (exact) mass is 141 g/mol. The van der Waals surface area contributed by atoms with Crippen molar-refractivity contribution in [3.8, 4) is 11.8 Å². The molecule has 0 aromatic heterocycles. The second-order valence-corrected chi connectivity index (χ2v) is 2.43. The third kappa shape index (κ3) is 2.38. The first-order valence-electron chi connectivity index (χ1n) is 3.22. The summed E-state index contributed by atoms with van der Waals surface area (Å²) in [5.74, 6) is 4.68. The summed E-state index contributed by atoms with van der Waals surface area (Å²) in [4.78, 5) is 0. The van der Waals surface area contributed by atoms with E-state index in [0.717, 1.165) is 0 Å². The maximum absolute atomic E-state index is 9.34. The molecule has 0 saturated carbocycles. The maximum atomic E-state index is 9.34. The average molecular weight is 141 g/mol. The minimum absolute atomic E-state index is 0.475. The molecule has 0 saturated heterocycles. The normalized spacial score (nSPS) is 18.5. The summed E-state index contributed by atoms with van der Waals surface area (Å²) in [5.41, 5.74) is -1.11. The van der Waals surface area contributed by atoms with Gasteiger partial charge in [-0.05, 0) is 13.3 Å². The van der Waals surface area contributed by atoms with E-state index in [1.54, 1.807) is 13.8 Å². The predicted octanol–water partition coefficient (Wildman–Crippen LogP) is 0.346. The number of aliphatic hydroxyl groups excluding tert-OH is 1. The molecule has 0 aliphatic rings. The van der Waals surface area contributed by atoms with Gasteiger partial charge in [0, 0.05) is 6.92 Å². The van der Waals surface area contributed by atoms with E-state index in [4.69, 9.17) is 5.11 Å². The SMILES string of the molecule is [CH2]C#CC(O)C(C)(O)CC. The molecule has 0 amide bonds. The summed E-state index contributed by atoms with van der Waals surface area (Å²) in [6.07, 6.45) is -0.516. The Morgan fingerprint density at radius 3 is 2.50 bits per heavy atom. The fraction of sp³-hybridized carbons (Fsp3) is 0.625. The quantitative estimate of drug-likeness (QED) is 0.545. The van der Waals surface area contributed by atoms with E-state index in [0.29, 0.717) is 6.42 Å². The van der Waals surface area contributed by atoms with Crippen LogP contribution in [0.2, 0.25) is 0 Å². The summed E-state index contributed by atoms with van der Waals surface area (Å²) in [5, 5.41) is 18.5. The van der Waals surface area contributed by atoms with Gasteiger partial charge in [0.2, 0.25) is 0 Å². The van der Waals surface area contributed by atoms with Crippen LogP contribution in [-0.4, -0.2) is 21.9 Å². The summed E-state index contributed by atoms with van der Waals surface area (Å²) in [6, 6.07) is 0.